The summed E-state index contributed by atoms with van der Waals surface area (Å²) in [5.74, 6) is -0.0989. The molecule has 10 heteroatoms. The molecule has 0 saturated carbocycles. The molecule has 1 aromatic heterocycles. The van der Waals surface area contributed by atoms with Crippen molar-refractivity contribution in [2.75, 3.05) is 18.0 Å². The van der Waals surface area contributed by atoms with E-state index in [1.807, 2.05) is 11.0 Å². The van der Waals surface area contributed by atoms with E-state index in [1.54, 1.807) is 20.8 Å². The number of carbonyl (C=O) groups excluding carboxylic acids is 1. The van der Waals surface area contributed by atoms with E-state index in [0.29, 0.717) is 24.6 Å². The van der Waals surface area contributed by atoms with E-state index in [4.69, 9.17) is 4.74 Å². The number of ether oxygens (including phenoxy) is 1. The van der Waals surface area contributed by atoms with Crippen LogP contribution in [0, 0.1) is 17.1 Å². The summed E-state index contributed by atoms with van der Waals surface area (Å²) in [7, 11) is 0. The van der Waals surface area contributed by atoms with Gasteiger partial charge in [-0.05, 0) is 73.3 Å². The Morgan fingerprint density at radius 3 is 2.88 bits per heavy atom. The van der Waals surface area contributed by atoms with Crippen molar-refractivity contribution in [3.8, 4) is 6.07 Å². The molecule has 3 rings (SSSR count). The highest BCUT2D eigenvalue weighted by Crippen LogP contribution is 2.21. The molecular weight excluding hydrogens is 481 g/mol. The second-order valence-electron chi connectivity index (χ2n) is 8.64. The zero-order valence-electron chi connectivity index (χ0n) is 18.2. The zero-order valence-corrected chi connectivity index (χ0v) is 19.8. The molecular formula is C22H25BrFN5O3. The quantitative estimate of drug-likeness (QED) is 0.681. The van der Waals surface area contributed by atoms with Gasteiger partial charge in [0.15, 0.2) is 0 Å². The van der Waals surface area contributed by atoms with Crippen LogP contribution in [0.4, 0.5) is 15.1 Å². The number of halogens is 2. The maximum atomic E-state index is 13.8. The number of anilines is 1. The molecule has 0 spiro atoms. The van der Waals surface area contributed by atoms with E-state index in [2.05, 4.69) is 26.2 Å². The fourth-order valence-corrected chi connectivity index (χ4v) is 3.89. The highest BCUT2D eigenvalue weighted by molar-refractivity contribution is 9.10. The Morgan fingerprint density at radius 2 is 2.19 bits per heavy atom. The average Bonchev–Trinajstić information content (AvgIpc) is 2.70. The van der Waals surface area contributed by atoms with Crippen molar-refractivity contribution >= 4 is 28.0 Å². The zero-order chi connectivity index (χ0) is 23.5. The summed E-state index contributed by atoms with van der Waals surface area (Å²) in [6, 6.07) is 5.70. The Kier molecular flexibility index (Phi) is 7.19. The van der Waals surface area contributed by atoms with Crippen molar-refractivity contribution in [2.24, 2.45) is 0 Å². The first kappa shape index (κ1) is 23.7. The molecule has 0 unspecified atom stereocenters. The van der Waals surface area contributed by atoms with Gasteiger partial charge in [0.25, 0.3) is 5.56 Å². The molecule has 1 aromatic carbocycles. The summed E-state index contributed by atoms with van der Waals surface area (Å²) in [5.41, 5.74) is -0.274. The van der Waals surface area contributed by atoms with Crippen molar-refractivity contribution in [3.63, 3.8) is 0 Å². The van der Waals surface area contributed by atoms with Crippen LogP contribution in [0.3, 0.4) is 0 Å². The van der Waals surface area contributed by atoms with Gasteiger partial charge < -0.3 is 15.0 Å². The molecule has 1 fully saturated rings. The van der Waals surface area contributed by atoms with E-state index in [0.717, 1.165) is 12.8 Å². The molecule has 1 saturated heterocycles. The Balaban J connectivity index is 1.88. The molecule has 1 N–H and O–H groups in total. The molecule has 1 amide bonds. The number of nitriles is 1. The maximum Gasteiger partial charge on any atom is 0.407 e. The van der Waals surface area contributed by atoms with Gasteiger partial charge in [0.1, 0.15) is 15.9 Å². The number of alkyl carbamates (subject to hydrolysis) is 1. The highest BCUT2D eigenvalue weighted by atomic mass is 79.9. The van der Waals surface area contributed by atoms with E-state index >= 15 is 0 Å². The molecule has 0 radical (unpaired) electrons. The lowest BCUT2D eigenvalue weighted by Gasteiger charge is -2.35. The van der Waals surface area contributed by atoms with E-state index in [9.17, 15) is 19.2 Å². The molecule has 170 valence electrons. The molecule has 0 aliphatic carbocycles. The van der Waals surface area contributed by atoms with E-state index in [1.165, 1.54) is 29.0 Å². The smallest absolute Gasteiger partial charge is 0.407 e. The first-order chi connectivity index (χ1) is 15.1. The molecule has 8 nitrogen and oxygen atoms in total. The third-order valence-corrected chi connectivity index (χ3v) is 5.47. The van der Waals surface area contributed by atoms with Crippen LogP contribution in [0.1, 0.15) is 44.7 Å². The minimum atomic E-state index is -0.602. The Hall–Kier alpha value is -2.93. The average molecular weight is 506 g/mol. The van der Waals surface area contributed by atoms with Crippen molar-refractivity contribution in [3.05, 3.63) is 56.2 Å². The van der Waals surface area contributed by atoms with E-state index < -0.39 is 17.5 Å². The lowest BCUT2D eigenvalue weighted by Crippen LogP contribution is -2.50. The number of benzene rings is 1. The number of carbonyl (C=O) groups is 1. The van der Waals surface area contributed by atoms with Crippen LogP contribution in [0.15, 0.2) is 33.7 Å². The van der Waals surface area contributed by atoms with Gasteiger partial charge in [-0.3, -0.25) is 9.36 Å². The van der Waals surface area contributed by atoms with Gasteiger partial charge in [-0.15, -0.1) is 0 Å². The van der Waals surface area contributed by atoms with Gasteiger partial charge in [-0.1, -0.05) is 0 Å². The van der Waals surface area contributed by atoms with Crippen molar-refractivity contribution in [1.29, 1.82) is 5.26 Å². The van der Waals surface area contributed by atoms with Crippen LogP contribution < -0.4 is 15.8 Å². The molecule has 0 bridgehead atoms. The summed E-state index contributed by atoms with van der Waals surface area (Å²) in [6.45, 7) is 6.45. The highest BCUT2D eigenvalue weighted by Gasteiger charge is 2.27. The minimum Gasteiger partial charge on any atom is -0.444 e. The molecule has 1 atom stereocenters. The van der Waals surface area contributed by atoms with Crippen molar-refractivity contribution in [2.45, 2.75) is 51.8 Å². The Labute approximate surface area is 194 Å². The van der Waals surface area contributed by atoms with Gasteiger partial charge in [-0.2, -0.15) is 5.26 Å². The number of hydrogen-bond donors (Lipinski definition) is 1. The van der Waals surface area contributed by atoms with Crippen LogP contribution in [0.2, 0.25) is 0 Å². The van der Waals surface area contributed by atoms with Gasteiger partial charge >= 0.3 is 6.09 Å². The van der Waals surface area contributed by atoms with Crippen molar-refractivity contribution < 1.29 is 13.9 Å². The summed E-state index contributed by atoms with van der Waals surface area (Å²) in [5, 5.41) is 12.3. The number of aromatic nitrogens is 2. The number of nitrogens with one attached hydrogen (secondary N) is 1. The molecule has 1 aliphatic rings. The predicted molar refractivity (Wildman–Crippen MR) is 121 cm³/mol. The van der Waals surface area contributed by atoms with Crippen LogP contribution >= 0.6 is 15.9 Å². The normalized spacial score (nSPS) is 16.4. The first-order valence-corrected chi connectivity index (χ1v) is 11.0. The fraction of sp³-hybridized carbons (Fsp3) is 0.455. The fourth-order valence-electron chi connectivity index (χ4n) is 3.58. The number of rotatable bonds is 4. The van der Waals surface area contributed by atoms with E-state index in [-0.39, 0.29) is 28.2 Å². The summed E-state index contributed by atoms with van der Waals surface area (Å²) in [6.07, 6.45) is 2.47. The second kappa shape index (κ2) is 9.69. The number of hydrogen-bond acceptors (Lipinski definition) is 6. The van der Waals surface area contributed by atoms with Crippen LogP contribution in [0.25, 0.3) is 0 Å². The predicted octanol–water partition coefficient (Wildman–Crippen LogP) is 3.56. The number of piperidine rings is 1. The molecule has 2 aromatic rings. The summed E-state index contributed by atoms with van der Waals surface area (Å²) >= 11 is 3.21. The van der Waals surface area contributed by atoms with Gasteiger partial charge in [0, 0.05) is 19.1 Å². The topological polar surface area (TPSA) is 100 Å². The summed E-state index contributed by atoms with van der Waals surface area (Å²) < 4.78 is 20.8. The Bertz CT molecular complexity index is 1110. The third kappa shape index (κ3) is 5.85. The SMILES string of the molecule is CC(C)(C)OC(=O)N[C@@H]1CCCN(c2ncc(Br)c(=O)n2Cc2cc(F)ccc2C#N)C1. The van der Waals surface area contributed by atoms with Crippen LogP contribution in [-0.2, 0) is 11.3 Å². The standard InChI is InChI=1S/C22H25BrFN5O3/c1-22(2,3)32-21(31)27-17-5-4-8-28(13-17)20-26-11-18(23)19(30)29(20)12-15-9-16(24)7-6-14(15)10-25/h6-7,9,11,17H,4-5,8,12-13H2,1-3H3,(H,27,31)/t17-/m1/s1. The van der Waals surface area contributed by atoms with Crippen molar-refractivity contribution in [1.82, 2.24) is 14.9 Å². The third-order valence-electron chi connectivity index (χ3n) is 4.93. The number of nitrogens with zero attached hydrogens (tertiary/aromatic N) is 4. The van der Waals surface area contributed by atoms with Gasteiger partial charge in [-0.25, -0.2) is 14.2 Å². The van der Waals surface area contributed by atoms with Gasteiger partial charge in [0.05, 0.1) is 24.4 Å². The first-order valence-electron chi connectivity index (χ1n) is 10.3. The lowest BCUT2D eigenvalue weighted by atomic mass is 10.1. The van der Waals surface area contributed by atoms with Crippen LogP contribution in [0.5, 0.6) is 0 Å². The minimum absolute atomic E-state index is 0.0120. The molecule has 32 heavy (non-hydrogen) atoms. The largest absolute Gasteiger partial charge is 0.444 e. The summed E-state index contributed by atoms with van der Waals surface area (Å²) in [4.78, 5) is 31.4. The molecule has 2 heterocycles. The van der Waals surface area contributed by atoms with Crippen LogP contribution in [-0.4, -0.2) is 40.4 Å². The molecule has 1 aliphatic heterocycles. The maximum absolute atomic E-state index is 13.8. The monoisotopic (exact) mass is 505 g/mol. The second-order valence-corrected chi connectivity index (χ2v) is 9.50. The van der Waals surface area contributed by atoms with Gasteiger partial charge in [0.2, 0.25) is 5.95 Å². The number of amides is 1. The Morgan fingerprint density at radius 1 is 1.44 bits per heavy atom. The lowest BCUT2D eigenvalue weighted by molar-refractivity contribution is 0.0499.